The van der Waals surface area contributed by atoms with E-state index in [0.29, 0.717) is 0 Å². The van der Waals surface area contributed by atoms with Crippen LogP contribution in [0.1, 0.15) is 15.9 Å². The molecule has 0 bridgehead atoms. The van der Waals surface area contributed by atoms with E-state index in [1.807, 2.05) is 6.92 Å². The first-order chi connectivity index (χ1) is 11.8. The van der Waals surface area contributed by atoms with Crippen molar-refractivity contribution in [3.63, 3.8) is 0 Å². The Balaban J connectivity index is 2.50. The maximum absolute atomic E-state index is 12.8. The largest absolute Gasteiger partial charge is 0.478 e. The third kappa shape index (κ3) is 4.28. The van der Waals surface area contributed by atoms with Crippen LogP contribution in [0.5, 0.6) is 5.75 Å². The number of hydrogen-bond donors (Lipinski definition) is 3. The number of nitrogens with zero attached hydrogens (tertiary/aromatic N) is 1. The molecule has 25 heavy (non-hydrogen) atoms. The van der Waals surface area contributed by atoms with Crippen LogP contribution in [0, 0.1) is 18.3 Å². The summed E-state index contributed by atoms with van der Waals surface area (Å²) in [6.07, 6.45) is 0. The molecule has 2 aromatic rings. The number of carboxylic acids is 1. The van der Waals surface area contributed by atoms with Crippen LogP contribution in [0.25, 0.3) is 0 Å². The van der Waals surface area contributed by atoms with Crippen molar-refractivity contribution in [3.05, 3.63) is 53.6 Å². The molecule has 1 N–H and O–H groups in total. The van der Waals surface area contributed by atoms with E-state index in [2.05, 4.69) is 11.7 Å². The van der Waals surface area contributed by atoms with Gasteiger partial charge >= 0.3 is 5.97 Å². The van der Waals surface area contributed by atoms with Gasteiger partial charge in [0, 0.05) is 0 Å². The summed E-state index contributed by atoms with van der Waals surface area (Å²) in [5.74, 6) is -1.16. The molecular formula is C16H15NO5S3. The summed E-state index contributed by atoms with van der Waals surface area (Å²) in [6.45, 7) is 1.51. The van der Waals surface area contributed by atoms with E-state index in [1.54, 1.807) is 18.2 Å². The first-order valence-corrected chi connectivity index (χ1v) is 11.5. The number of carboxylic acid groups (broad SMARTS) is 1. The highest BCUT2D eigenvalue weighted by Crippen LogP contribution is 2.53. The van der Waals surface area contributed by atoms with Gasteiger partial charge in [-0.2, -0.15) is 5.26 Å². The number of carbonyl (C=O) groups is 1. The van der Waals surface area contributed by atoms with Gasteiger partial charge in [-0.15, -0.1) is 11.7 Å². The maximum Gasteiger partial charge on any atom is 0.335 e. The van der Waals surface area contributed by atoms with E-state index in [4.69, 9.17) is 15.1 Å². The van der Waals surface area contributed by atoms with E-state index in [9.17, 15) is 13.2 Å². The lowest BCUT2D eigenvalue weighted by Crippen LogP contribution is -2.04. The lowest BCUT2D eigenvalue weighted by molar-refractivity contribution is 0.0696. The fourth-order valence-electron chi connectivity index (χ4n) is 1.97. The van der Waals surface area contributed by atoms with Crippen LogP contribution in [0.15, 0.2) is 52.3 Å². The second kappa shape index (κ2) is 7.82. The molecule has 0 fully saturated rings. The average Bonchev–Trinajstić information content (AvgIpc) is 2.59. The molecule has 0 amide bonds. The van der Waals surface area contributed by atoms with Crippen LogP contribution >= 0.6 is 20.6 Å². The SMILES string of the molecule is Cc1ccc(S(=O)(=O)[SH](S)c2ccc(C(=O)O)cc2OCC#N)cc1. The van der Waals surface area contributed by atoms with Crippen molar-refractivity contribution in [3.8, 4) is 11.8 Å². The van der Waals surface area contributed by atoms with Gasteiger partial charge in [-0.25, -0.2) is 13.2 Å². The lowest BCUT2D eigenvalue weighted by Gasteiger charge is -2.20. The normalized spacial score (nSPS) is 12.9. The van der Waals surface area contributed by atoms with Gasteiger partial charge in [-0.3, -0.25) is 0 Å². The van der Waals surface area contributed by atoms with Gasteiger partial charge in [0.05, 0.1) is 15.4 Å². The molecule has 0 aliphatic heterocycles. The Kier molecular flexibility index (Phi) is 6.00. The average molecular weight is 397 g/mol. The van der Waals surface area contributed by atoms with Crippen molar-refractivity contribution in [2.45, 2.75) is 16.7 Å². The molecule has 0 aliphatic carbocycles. The molecule has 9 heteroatoms. The lowest BCUT2D eigenvalue weighted by atomic mass is 10.2. The highest BCUT2D eigenvalue weighted by molar-refractivity contribution is 9.10. The highest BCUT2D eigenvalue weighted by atomic mass is 33.5. The second-order valence-electron chi connectivity index (χ2n) is 5.00. The Morgan fingerprint density at radius 2 is 1.92 bits per heavy atom. The zero-order chi connectivity index (χ0) is 18.6. The van der Waals surface area contributed by atoms with E-state index < -0.39 is 23.8 Å². The number of aryl methyl sites for hydroxylation is 1. The standard InChI is InChI=1S/C16H15NO5S3/c1-11-2-5-13(6-3-11)25(20,21)24(23)15-7-4-12(16(18)19)10-14(15)22-9-8-17/h2-7,10,23-24H,9H2,1H3,(H,18,19). The minimum absolute atomic E-state index is 0.0262. The number of nitriles is 1. The van der Waals surface area contributed by atoms with Gasteiger partial charge in [0.25, 0.3) is 0 Å². The van der Waals surface area contributed by atoms with Gasteiger partial charge in [-0.05, 0) is 37.3 Å². The maximum atomic E-state index is 12.8. The summed E-state index contributed by atoms with van der Waals surface area (Å²) in [7, 11) is -5.81. The van der Waals surface area contributed by atoms with E-state index >= 15 is 0 Å². The number of thiol groups is 2. The molecule has 2 rings (SSSR count). The first-order valence-electron chi connectivity index (χ1n) is 6.95. The Morgan fingerprint density at radius 1 is 1.28 bits per heavy atom. The molecule has 0 radical (unpaired) electrons. The Hall–Kier alpha value is -2.15. The van der Waals surface area contributed by atoms with Gasteiger partial charge in [0.2, 0.25) is 8.87 Å². The smallest absolute Gasteiger partial charge is 0.335 e. The fraction of sp³-hybridized carbons (Fsp3) is 0.125. The molecule has 132 valence electrons. The zero-order valence-electron chi connectivity index (χ0n) is 13.1. The number of rotatable bonds is 6. The molecule has 0 heterocycles. The summed E-state index contributed by atoms with van der Waals surface area (Å²) in [4.78, 5) is 11.5. The van der Waals surface area contributed by atoms with Gasteiger partial charge in [-0.1, -0.05) is 26.7 Å². The van der Waals surface area contributed by atoms with Crippen LogP contribution < -0.4 is 4.74 Å². The molecule has 0 saturated carbocycles. The molecular weight excluding hydrogens is 382 g/mol. The molecule has 0 saturated heterocycles. The first kappa shape index (κ1) is 19.2. The highest BCUT2D eigenvalue weighted by Gasteiger charge is 2.26. The fourth-order valence-corrected chi connectivity index (χ4v) is 6.97. The summed E-state index contributed by atoms with van der Waals surface area (Å²) >= 11 is 4.28. The molecule has 0 aromatic heterocycles. The predicted octanol–water partition coefficient (Wildman–Crippen LogP) is 3.19. The third-order valence-electron chi connectivity index (χ3n) is 3.25. The zero-order valence-corrected chi connectivity index (χ0v) is 15.7. The number of aromatic carboxylic acids is 1. The minimum Gasteiger partial charge on any atom is -0.478 e. The van der Waals surface area contributed by atoms with Crippen LogP contribution in [-0.4, -0.2) is 26.1 Å². The van der Waals surface area contributed by atoms with Gasteiger partial charge < -0.3 is 9.84 Å². The van der Waals surface area contributed by atoms with E-state index in [1.165, 1.54) is 30.3 Å². The molecule has 1 atom stereocenters. The molecule has 0 aliphatic rings. The minimum atomic E-state index is -3.77. The Morgan fingerprint density at radius 3 is 2.48 bits per heavy atom. The topological polar surface area (TPSA) is 104 Å². The number of benzene rings is 2. The Labute approximate surface area is 152 Å². The second-order valence-corrected chi connectivity index (χ2v) is 12.0. The van der Waals surface area contributed by atoms with Crippen LogP contribution in [-0.2, 0) is 8.87 Å². The molecule has 6 nitrogen and oxygen atoms in total. The van der Waals surface area contributed by atoms with Crippen molar-refractivity contribution >= 4 is 35.5 Å². The van der Waals surface area contributed by atoms with Crippen LogP contribution in [0.2, 0.25) is 0 Å². The molecule has 2 aromatic carbocycles. The monoisotopic (exact) mass is 397 g/mol. The van der Waals surface area contributed by atoms with Crippen molar-refractivity contribution in [2.24, 2.45) is 0 Å². The van der Waals surface area contributed by atoms with Crippen molar-refractivity contribution in [1.29, 1.82) is 5.26 Å². The quantitative estimate of drug-likeness (QED) is 0.511. The predicted molar refractivity (Wildman–Crippen MR) is 99.1 cm³/mol. The van der Waals surface area contributed by atoms with Gasteiger partial charge in [0.15, 0.2) is 6.61 Å². The Bertz CT molecular complexity index is 933. The van der Waals surface area contributed by atoms with Crippen molar-refractivity contribution < 1.29 is 23.1 Å². The molecule has 0 spiro atoms. The van der Waals surface area contributed by atoms with E-state index in [-0.39, 0.29) is 27.7 Å². The van der Waals surface area contributed by atoms with Crippen LogP contribution in [0.4, 0.5) is 0 Å². The van der Waals surface area contributed by atoms with Gasteiger partial charge in [0.1, 0.15) is 11.8 Å². The number of hydrogen-bond acceptors (Lipinski definition) is 6. The molecule has 1 unspecified atom stereocenters. The summed E-state index contributed by atoms with van der Waals surface area (Å²) < 4.78 is 30.8. The third-order valence-corrected chi connectivity index (χ3v) is 10.5. The number of ether oxygens (including phenoxy) is 1. The van der Waals surface area contributed by atoms with Crippen molar-refractivity contribution in [1.82, 2.24) is 0 Å². The summed E-state index contributed by atoms with van der Waals surface area (Å²) in [6, 6.07) is 12.0. The van der Waals surface area contributed by atoms with Crippen molar-refractivity contribution in [2.75, 3.05) is 6.61 Å². The summed E-state index contributed by atoms with van der Waals surface area (Å²) in [5, 5.41) is 17.8. The summed E-state index contributed by atoms with van der Waals surface area (Å²) in [5.41, 5.74) is 0.854. The van der Waals surface area contributed by atoms with Crippen LogP contribution in [0.3, 0.4) is 0 Å². The van der Waals surface area contributed by atoms with E-state index in [0.717, 1.165) is 5.56 Å².